The molecule has 0 rings (SSSR count). The summed E-state index contributed by atoms with van der Waals surface area (Å²) in [6.45, 7) is 8.67. The molecule has 0 aliphatic rings. The van der Waals surface area contributed by atoms with E-state index in [1.54, 1.807) is 0 Å². The molecule has 0 amide bonds. The van der Waals surface area contributed by atoms with E-state index in [4.69, 9.17) is 5.73 Å². The van der Waals surface area contributed by atoms with Gasteiger partial charge in [-0.25, -0.2) is 0 Å². The summed E-state index contributed by atoms with van der Waals surface area (Å²) in [4.78, 5) is 0. The Morgan fingerprint density at radius 1 is 1.14 bits per heavy atom. The van der Waals surface area contributed by atoms with E-state index in [2.05, 4.69) is 26.1 Å². The van der Waals surface area contributed by atoms with E-state index < -0.39 is 0 Å². The van der Waals surface area contributed by atoms with Gasteiger partial charge in [-0.1, -0.05) is 33.1 Å². The van der Waals surface area contributed by atoms with Crippen LogP contribution in [0.4, 0.5) is 0 Å². The van der Waals surface area contributed by atoms with Gasteiger partial charge in [0.15, 0.2) is 0 Å². The number of hydrogen-bond acceptors (Lipinski definition) is 2. The van der Waals surface area contributed by atoms with Crippen molar-refractivity contribution in [2.24, 2.45) is 11.7 Å². The lowest BCUT2D eigenvalue weighted by molar-refractivity contribution is 0.445. The lowest BCUT2D eigenvalue weighted by atomic mass is 10.1. The summed E-state index contributed by atoms with van der Waals surface area (Å²) < 4.78 is 0. The Kier molecular flexibility index (Phi) is 9.42. The molecule has 0 radical (unpaired) electrons. The molecule has 0 bridgehead atoms. The quantitative estimate of drug-likeness (QED) is 0.561. The van der Waals surface area contributed by atoms with Crippen LogP contribution in [0.5, 0.6) is 0 Å². The molecular weight excluding hydrogens is 172 g/mol. The minimum Gasteiger partial charge on any atom is -0.330 e. The molecule has 86 valence electrons. The van der Waals surface area contributed by atoms with Crippen LogP contribution in [-0.4, -0.2) is 19.1 Å². The lowest BCUT2D eigenvalue weighted by Crippen LogP contribution is -2.28. The molecule has 0 aliphatic heterocycles. The van der Waals surface area contributed by atoms with Gasteiger partial charge in [0, 0.05) is 6.04 Å². The van der Waals surface area contributed by atoms with Gasteiger partial charge in [0.05, 0.1) is 0 Å². The molecule has 0 spiro atoms. The Bertz CT molecular complexity index is 115. The molecule has 3 N–H and O–H groups in total. The second-order valence-corrected chi connectivity index (χ2v) is 4.48. The number of hydrogen-bond donors (Lipinski definition) is 2. The van der Waals surface area contributed by atoms with E-state index in [0.717, 1.165) is 13.1 Å². The van der Waals surface area contributed by atoms with Crippen molar-refractivity contribution in [2.45, 2.75) is 58.9 Å². The molecule has 2 heteroatoms. The van der Waals surface area contributed by atoms with Gasteiger partial charge in [0.2, 0.25) is 0 Å². The van der Waals surface area contributed by atoms with Gasteiger partial charge < -0.3 is 11.1 Å². The molecular formula is C12H28N2. The van der Waals surface area contributed by atoms with Crippen molar-refractivity contribution in [3.63, 3.8) is 0 Å². The monoisotopic (exact) mass is 200 g/mol. The second kappa shape index (κ2) is 9.47. The largest absolute Gasteiger partial charge is 0.330 e. The maximum atomic E-state index is 5.56. The molecule has 2 nitrogen and oxygen atoms in total. The van der Waals surface area contributed by atoms with Crippen molar-refractivity contribution < 1.29 is 0 Å². The average molecular weight is 200 g/mol. The van der Waals surface area contributed by atoms with Crippen molar-refractivity contribution in [1.29, 1.82) is 0 Å². The molecule has 0 saturated carbocycles. The third kappa shape index (κ3) is 8.52. The zero-order valence-electron chi connectivity index (χ0n) is 10.2. The highest BCUT2D eigenvalue weighted by molar-refractivity contribution is 4.62. The van der Waals surface area contributed by atoms with Crippen LogP contribution in [0.3, 0.4) is 0 Å². The summed E-state index contributed by atoms with van der Waals surface area (Å²) >= 11 is 0. The molecule has 0 saturated heterocycles. The van der Waals surface area contributed by atoms with Crippen LogP contribution in [0.15, 0.2) is 0 Å². The van der Waals surface area contributed by atoms with Crippen LogP contribution >= 0.6 is 0 Å². The number of nitrogens with one attached hydrogen (secondary N) is 1. The fraction of sp³-hybridized carbons (Fsp3) is 1.00. The van der Waals surface area contributed by atoms with Gasteiger partial charge in [-0.05, 0) is 38.8 Å². The summed E-state index contributed by atoms with van der Waals surface area (Å²) in [5.41, 5.74) is 5.56. The van der Waals surface area contributed by atoms with Gasteiger partial charge in [-0.15, -0.1) is 0 Å². The van der Waals surface area contributed by atoms with Crippen LogP contribution < -0.4 is 11.1 Å². The highest BCUT2D eigenvalue weighted by Crippen LogP contribution is 2.03. The van der Waals surface area contributed by atoms with E-state index in [-0.39, 0.29) is 0 Å². The first-order valence-corrected chi connectivity index (χ1v) is 6.14. The number of nitrogens with two attached hydrogens (primary N) is 1. The molecule has 0 aliphatic carbocycles. The van der Waals surface area contributed by atoms with Crippen LogP contribution in [0.25, 0.3) is 0 Å². The van der Waals surface area contributed by atoms with Crippen LogP contribution in [0.2, 0.25) is 0 Å². The molecule has 0 aromatic rings. The Balaban J connectivity index is 3.21. The Morgan fingerprint density at radius 2 is 1.86 bits per heavy atom. The summed E-state index contributed by atoms with van der Waals surface area (Å²) in [7, 11) is 0. The van der Waals surface area contributed by atoms with E-state index in [0.29, 0.717) is 12.0 Å². The van der Waals surface area contributed by atoms with Gasteiger partial charge in [-0.3, -0.25) is 0 Å². The highest BCUT2D eigenvalue weighted by atomic mass is 14.9. The van der Waals surface area contributed by atoms with E-state index in [1.165, 1.54) is 32.1 Å². The smallest absolute Gasteiger partial charge is 0.00387 e. The van der Waals surface area contributed by atoms with Crippen molar-refractivity contribution in [3.05, 3.63) is 0 Å². The maximum absolute atomic E-state index is 5.56. The zero-order chi connectivity index (χ0) is 10.8. The molecule has 0 aromatic carbocycles. The Hall–Kier alpha value is -0.0800. The summed E-state index contributed by atoms with van der Waals surface area (Å²) in [6, 6.07) is 0.673. The van der Waals surface area contributed by atoms with Crippen molar-refractivity contribution in [3.8, 4) is 0 Å². The van der Waals surface area contributed by atoms with Gasteiger partial charge in [-0.2, -0.15) is 0 Å². The van der Waals surface area contributed by atoms with E-state index >= 15 is 0 Å². The van der Waals surface area contributed by atoms with Crippen LogP contribution in [0.1, 0.15) is 52.9 Å². The molecule has 0 aromatic heterocycles. The Morgan fingerprint density at radius 3 is 2.43 bits per heavy atom. The van der Waals surface area contributed by atoms with Crippen molar-refractivity contribution >= 4 is 0 Å². The third-order valence-corrected chi connectivity index (χ3v) is 2.77. The SMILES string of the molecule is CCCCCC(C)NCCC(C)CN. The summed E-state index contributed by atoms with van der Waals surface area (Å²) in [6.07, 6.45) is 6.55. The lowest BCUT2D eigenvalue weighted by Gasteiger charge is -2.15. The van der Waals surface area contributed by atoms with Gasteiger partial charge >= 0.3 is 0 Å². The molecule has 14 heavy (non-hydrogen) atoms. The van der Waals surface area contributed by atoms with Crippen LogP contribution in [0, 0.1) is 5.92 Å². The Labute approximate surface area is 89.6 Å². The minimum atomic E-state index is 0.658. The van der Waals surface area contributed by atoms with Crippen molar-refractivity contribution in [2.75, 3.05) is 13.1 Å². The maximum Gasteiger partial charge on any atom is 0.00387 e. The summed E-state index contributed by atoms with van der Waals surface area (Å²) in [5.74, 6) is 0.658. The first-order chi connectivity index (χ1) is 6.70. The predicted molar refractivity (Wildman–Crippen MR) is 64.4 cm³/mol. The van der Waals surface area contributed by atoms with Crippen molar-refractivity contribution in [1.82, 2.24) is 5.32 Å². The first-order valence-electron chi connectivity index (χ1n) is 6.14. The molecule has 0 fully saturated rings. The third-order valence-electron chi connectivity index (χ3n) is 2.77. The minimum absolute atomic E-state index is 0.658. The molecule has 0 heterocycles. The number of rotatable bonds is 9. The average Bonchev–Trinajstić information content (AvgIpc) is 2.18. The summed E-state index contributed by atoms with van der Waals surface area (Å²) in [5, 5.41) is 3.55. The predicted octanol–water partition coefficient (Wildman–Crippen LogP) is 2.53. The first kappa shape index (κ1) is 13.9. The second-order valence-electron chi connectivity index (χ2n) is 4.48. The highest BCUT2D eigenvalue weighted by Gasteiger charge is 2.02. The van der Waals surface area contributed by atoms with E-state index in [1.807, 2.05) is 0 Å². The fourth-order valence-corrected chi connectivity index (χ4v) is 1.50. The normalized spacial score (nSPS) is 15.4. The fourth-order valence-electron chi connectivity index (χ4n) is 1.50. The molecule has 2 unspecified atom stereocenters. The topological polar surface area (TPSA) is 38.0 Å². The van der Waals surface area contributed by atoms with Gasteiger partial charge in [0.1, 0.15) is 0 Å². The van der Waals surface area contributed by atoms with E-state index in [9.17, 15) is 0 Å². The molecule has 2 atom stereocenters. The van der Waals surface area contributed by atoms with Crippen LogP contribution in [-0.2, 0) is 0 Å². The zero-order valence-corrected chi connectivity index (χ0v) is 10.2. The number of unbranched alkanes of at least 4 members (excludes halogenated alkanes) is 2. The van der Waals surface area contributed by atoms with Gasteiger partial charge in [0.25, 0.3) is 0 Å². The standard InChI is InChI=1S/C12H28N2/c1-4-5-6-7-12(3)14-9-8-11(2)10-13/h11-12,14H,4-10,13H2,1-3H3.